The molecule has 1 unspecified atom stereocenters. The van der Waals surface area contributed by atoms with Crippen molar-refractivity contribution in [1.82, 2.24) is 9.88 Å². The first-order valence-corrected chi connectivity index (χ1v) is 8.09. The van der Waals surface area contributed by atoms with E-state index in [0.29, 0.717) is 6.04 Å². The molecule has 21 heavy (non-hydrogen) atoms. The van der Waals surface area contributed by atoms with Crippen LogP contribution in [-0.2, 0) is 6.54 Å². The van der Waals surface area contributed by atoms with E-state index in [1.807, 2.05) is 0 Å². The van der Waals surface area contributed by atoms with E-state index in [-0.39, 0.29) is 0 Å². The minimum atomic E-state index is 0.476. The Labute approximate surface area is 129 Å². The van der Waals surface area contributed by atoms with Gasteiger partial charge in [0.05, 0.1) is 0 Å². The van der Waals surface area contributed by atoms with Crippen LogP contribution in [0.5, 0.6) is 0 Å². The summed E-state index contributed by atoms with van der Waals surface area (Å²) in [4.78, 5) is 0. The van der Waals surface area contributed by atoms with Gasteiger partial charge in [-0.1, -0.05) is 32.0 Å². The van der Waals surface area contributed by atoms with Crippen LogP contribution >= 0.6 is 0 Å². The van der Waals surface area contributed by atoms with Crippen molar-refractivity contribution < 1.29 is 0 Å². The molecule has 0 radical (unpaired) electrons. The Morgan fingerprint density at radius 3 is 2.43 bits per heavy atom. The van der Waals surface area contributed by atoms with Crippen LogP contribution in [0.3, 0.4) is 0 Å². The number of hydrogen-bond acceptors (Lipinski definition) is 1. The van der Waals surface area contributed by atoms with Crippen molar-refractivity contribution in [3.63, 3.8) is 0 Å². The fourth-order valence-electron chi connectivity index (χ4n) is 2.86. The van der Waals surface area contributed by atoms with Gasteiger partial charge in [0.15, 0.2) is 0 Å². The van der Waals surface area contributed by atoms with E-state index in [9.17, 15) is 0 Å². The molecule has 2 aromatic rings. The summed E-state index contributed by atoms with van der Waals surface area (Å²) in [5.41, 5.74) is 5.59. The lowest BCUT2D eigenvalue weighted by Gasteiger charge is -2.15. The molecule has 2 rings (SSSR count). The number of nitrogens with one attached hydrogen (secondary N) is 1. The summed E-state index contributed by atoms with van der Waals surface area (Å²) < 4.78 is 2.31. The van der Waals surface area contributed by atoms with E-state index in [4.69, 9.17) is 0 Å². The zero-order valence-electron chi connectivity index (χ0n) is 13.8. The molecule has 1 heterocycles. The Morgan fingerprint density at radius 1 is 1.10 bits per heavy atom. The smallest absolute Gasteiger partial charge is 0.0475 e. The fourth-order valence-corrected chi connectivity index (χ4v) is 2.86. The van der Waals surface area contributed by atoms with Gasteiger partial charge in [0.25, 0.3) is 0 Å². The minimum Gasteiger partial charge on any atom is -0.350 e. The van der Waals surface area contributed by atoms with Crippen LogP contribution in [-0.4, -0.2) is 11.1 Å². The molecule has 1 aromatic heterocycles. The predicted octanol–water partition coefficient (Wildman–Crippen LogP) is 4.60. The topological polar surface area (TPSA) is 17.0 Å². The predicted molar refractivity (Wildman–Crippen MR) is 90.8 cm³/mol. The van der Waals surface area contributed by atoms with Crippen LogP contribution in [0.1, 0.15) is 55.0 Å². The van der Waals surface area contributed by atoms with Crippen LogP contribution in [0.25, 0.3) is 0 Å². The maximum atomic E-state index is 3.62. The van der Waals surface area contributed by atoms with Gasteiger partial charge in [-0.3, -0.25) is 0 Å². The molecule has 0 aliphatic rings. The van der Waals surface area contributed by atoms with Gasteiger partial charge in [-0.05, 0) is 61.6 Å². The highest BCUT2D eigenvalue weighted by atomic mass is 15.0. The molecule has 0 aliphatic heterocycles. The first-order valence-electron chi connectivity index (χ1n) is 8.09. The van der Waals surface area contributed by atoms with Crippen molar-refractivity contribution in [3.8, 4) is 0 Å². The highest BCUT2D eigenvalue weighted by Gasteiger charge is 2.10. The molecule has 1 atom stereocenters. The maximum Gasteiger partial charge on any atom is 0.0475 e. The van der Waals surface area contributed by atoms with E-state index in [1.54, 1.807) is 0 Å². The van der Waals surface area contributed by atoms with Crippen molar-refractivity contribution in [3.05, 3.63) is 58.9 Å². The average molecular weight is 284 g/mol. The Bertz CT molecular complexity index is 548. The lowest BCUT2D eigenvalue weighted by molar-refractivity contribution is 0.517. The summed E-state index contributed by atoms with van der Waals surface area (Å²) >= 11 is 0. The van der Waals surface area contributed by atoms with Crippen LogP contribution in [0.4, 0.5) is 0 Å². The molecule has 114 valence electrons. The molecule has 0 saturated carbocycles. The summed E-state index contributed by atoms with van der Waals surface area (Å²) in [6.45, 7) is 10.9. The zero-order chi connectivity index (χ0) is 15.2. The molecule has 0 aliphatic carbocycles. The largest absolute Gasteiger partial charge is 0.350 e. The number of benzene rings is 1. The van der Waals surface area contributed by atoms with Crippen molar-refractivity contribution in [1.29, 1.82) is 0 Å². The molecular weight excluding hydrogens is 256 g/mol. The summed E-state index contributed by atoms with van der Waals surface area (Å²) in [6, 6.07) is 9.26. The van der Waals surface area contributed by atoms with Crippen LogP contribution in [0, 0.1) is 13.8 Å². The maximum absolute atomic E-state index is 3.62. The standard InChI is InChI=1S/C19H28N2/c1-5-11-20-19(6-2)17-10-12-21(13-17)14-18-15(3)8-7-9-16(18)4/h7-10,12-13,19-20H,5-6,11,14H2,1-4H3. The highest BCUT2D eigenvalue weighted by Crippen LogP contribution is 2.19. The molecular formula is C19H28N2. The van der Waals surface area contributed by atoms with Gasteiger partial charge in [-0.2, -0.15) is 0 Å². The number of aryl methyl sites for hydroxylation is 2. The van der Waals surface area contributed by atoms with Gasteiger partial charge in [0, 0.05) is 25.0 Å². The summed E-state index contributed by atoms with van der Waals surface area (Å²) in [6.07, 6.45) is 6.81. The summed E-state index contributed by atoms with van der Waals surface area (Å²) in [7, 11) is 0. The van der Waals surface area contributed by atoms with Crippen molar-refractivity contribution in [2.24, 2.45) is 0 Å². The van der Waals surface area contributed by atoms with Crippen LogP contribution in [0.2, 0.25) is 0 Å². The van der Waals surface area contributed by atoms with Gasteiger partial charge >= 0.3 is 0 Å². The first kappa shape index (κ1) is 15.8. The molecule has 1 aromatic carbocycles. The number of aromatic nitrogens is 1. The van der Waals surface area contributed by atoms with E-state index in [0.717, 1.165) is 19.5 Å². The molecule has 0 fully saturated rings. The van der Waals surface area contributed by atoms with E-state index >= 15 is 0 Å². The lowest BCUT2D eigenvalue weighted by atomic mass is 10.0. The lowest BCUT2D eigenvalue weighted by Crippen LogP contribution is -2.21. The fraction of sp³-hybridized carbons (Fsp3) is 0.474. The van der Waals surface area contributed by atoms with E-state index in [2.05, 4.69) is 74.2 Å². The molecule has 0 bridgehead atoms. The molecule has 0 spiro atoms. The van der Waals surface area contributed by atoms with Crippen molar-refractivity contribution >= 4 is 0 Å². The summed E-state index contributed by atoms with van der Waals surface area (Å²) in [5, 5.41) is 3.62. The molecule has 2 nitrogen and oxygen atoms in total. The van der Waals surface area contributed by atoms with Gasteiger partial charge < -0.3 is 9.88 Å². The third-order valence-corrected chi connectivity index (χ3v) is 4.21. The van der Waals surface area contributed by atoms with Gasteiger partial charge in [-0.25, -0.2) is 0 Å². The van der Waals surface area contributed by atoms with Crippen LogP contribution in [0.15, 0.2) is 36.7 Å². The normalized spacial score (nSPS) is 12.6. The highest BCUT2D eigenvalue weighted by molar-refractivity contribution is 5.34. The second kappa shape index (κ2) is 7.46. The zero-order valence-corrected chi connectivity index (χ0v) is 13.8. The van der Waals surface area contributed by atoms with Gasteiger partial charge in [0.1, 0.15) is 0 Å². The molecule has 0 amide bonds. The number of rotatable bonds is 7. The SMILES string of the molecule is CCCNC(CC)c1ccn(Cc2c(C)cccc2C)c1. The Morgan fingerprint density at radius 2 is 1.81 bits per heavy atom. The third kappa shape index (κ3) is 3.98. The van der Waals surface area contributed by atoms with Gasteiger partial charge in [-0.15, -0.1) is 0 Å². The average Bonchev–Trinajstić information content (AvgIpc) is 2.92. The Balaban J connectivity index is 2.12. The van der Waals surface area contributed by atoms with Gasteiger partial charge in [0.2, 0.25) is 0 Å². The molecule has 1 N–H and O–H groups in total. The molecule has 2 heteroatoms. The molecule has 0 saturated heterocycles. The summed E-state index contributed by atoms with van der Waals surface area (Å²) in [5.74, 6) is 0. The van der Waals surface area contributed by atoms with E-state index < -0.39 is 0 Å². The number of nitrogens with zero attached hydrogens (tertiary/aromatic N) is 1. The number of hydrogen-bond donors (Lipinski definition) is 1. The van der Waals surface area contributed by atoms with E-state index in [1.165, 1.54) is 28.7 Å². The minimum absolute atomic E-state index is 0.476. The Kier molecular flexibility index (Phi) is 5.63. The quantitative estimate of drug-likeness (QED) is 0.786. The van der Waals surface area contributed by atoms with Crippen molar-refractivity contribution in [2.75, 3.05) is 6.54 Å². The third-order valence-electron chi connectivity index (χ3n) is 4.21. The monoisotopic (exact) mass is 284 g/mol. The Hall–Kier alpha value is -1.54. The van der Waals surface area contributed by atoms with Crippen LogP contribution < -0.4 is 5.32 Å². The second-order valence-corrected chi connectivity index (χ2v) is 5.90. The second-order valence-electron chi connectivity index (χ2n) is 5.90. The van der Waals surface area contributed by atoms with Crippen molar-refractivity contribution in [2.45, 2.75) is 53.1 Å². The first-order chi connectivity index (χ1) is 10.2.